The molecule has 0 saturated heterocycles. The molecule has 2 N–H and O–H groups in total. The lowest BCUT2D eigenvalue weighted by atomic mass is 9.97. The lowest BCUT2D eigenvalue weighted by Gasteiger charge is -2.10. The molecule has 31 heavy (non-hydrogen) atoms. The average molecular weight is 423 g/mol. The highest BCUT2D eigenvalue weighted by molar-refractivity contribution is 5.85. The molecule has 0 aliphatic heterocycles. The van der Waals surface area contributed by atoms with E-state index in [9.17, 15) is 18.4 Å². The van der Waals surface area contributed by atoms with Gasteiger partial charge in [0.25, 0.3) is 0 Å². The summed E-state index contributed by atoms with van der Waals surface area (Å²) >= 11 is 0. The van der Waals surface area contributed by atoms with Gasteiger partial charge in [-0.05, 0) is 64.7 Å². The van der Waals surface area contributed by atoms with Crippen LogP contribution < -0.4 is 5.32 Å². The van der Waals surface area contributed by atoms with Crippen molar-refractivity contribution in [3.63, 3.8) is 0 Å². The number of aliphatic carboxylic acids is 1. The molecule has 158 valence electrons. The molecule has 0 aliphatic carbocycles. The Bertz CT molecular complexity index is 1030. The van der Waals surface area contributed by atoms with E-state index < -0.39 is 12.1 Å². The first-order valence-corrected chi connectivity index (χ1v) is 9.37. The standard InChI is InChI=1S/C24H19F2NO4/c25-19-7-3-17(4-8-19)22(18-5-9-20(26)10-6-18)13-14-31-24(30)27-21-11-1-16(2-12-21)15-23(28)29/h1-13H,14-15H2,(H,27,30)(H,28,29). The molecule has 0 bridgehead atoms. The molecule has 0 radical (unpaired) electrons. The molecule has 7 heteroatoms. The third-order valence-corrected chi connectivity index (χ3v) is 4.37. The van der Waals surface area contributed by atoms with E-state index in [1.54, 1.807) is 54.6 Å². The monoisotopic (exact) mass is 423 g/mol. The van der Waals surface area contributed by atoms with Crippen LogP contribution in [0.15, 0.2) is 78.9 Å². The van der Waals surface area contributed by atoms with E-state index in [0.29, 0.717) is 28.0 Å². The van der Waals surface area contributed by atoms with E-state index in [0.717, 1.165) is 0 Å². The summed E-state index contributed by atoms with van der Waals surface area (Å²) in [5, 5.41) is 11.3. The number of amides is 1. The predicted octanol–water partition coefficient (Wildman–Crippen LogP) is 5.27. The van der Waals surface area contributed by atoms with Gasteiger partial charge in [-0.2, -0.15) is 0 Å². The Balaban J connectivity index is 1.67. The van der Waals surface area contributed by atoms with Crippen LogP contribution in [0.2, 0.25) is 0 Å². The van der Waals surface area contributed by atoms with Crippen LogP contribution in [0.3, 0.4) is 0 Å². The van der Waals surface area contributed by atoms with Crippen molar-refractivity contribution in [3.05, 3.63) is 107 Å². The Morgan fingerprint density at radius 2 is 1.35 bits per heavy atom. The summed E-state index contributed by atoms with van der Waals surface area (Å²) in [5.74, 6) is -1.70. The zero-order chi connectivity index (χ0) is 22.2. The molecule has 0 aliphatic rings. The van der Waals surface area contributed by atoms with E-state index >= 15 is 0 Å². The maximum absolute atomic E-state index is 13.3. The Morgan fingerprint density at radius 1 is 0.839 bits per heavy atom. The summed E-state index contributed by atoms with van der Waals surface area (Å²) in [6.45, 7) is -0.0764. The highest BCUT2D eigenvalue weighted by Crippen LogP contribution is 2.24. The number of carboxylic acid groups (broad SMARTS) is 1. The molecule has 5 nitrogen and oxygen atoms in total. The predicted molar refractivity (Wildman–Crippen MR) is 113 cm³/mol. The van der Waals surface area contributed by atoms with Gasteiger partial charge < -0.3 is 9.84 Å². The lowest BCUT2D eigenvalue weighted by molar-refractivity contribution is -0.136. The topological polar surface area (TPSA) is 75.6 Å². The smallest absolute Gasteiger partial charge is 0.411 e. The molecule has 0 atom stereocenters. The zero-order valence-corrected chi connectivity index (χ0v) is 16.3. The lowest BCUT2D eigenvalue weighted by Crippen LogP contribution is -2.14. The molecule has 3 aromatic rings. The number of ether oxygens (including phenoxy) is 1. The van der Waals surface area contributed by atoms with Crippen LogP contribution in [-0.2, 0) is 16.0 Å². The van der Waals surface area contributed by atoms with Gasteiger partial charge in [0.15, 0.2) is 0 Å². The van der Waals surface area contributed by atoms with Crippen LogP contribution >= 0.6 is 0 Å². The Labute approximate surface area is 177 Å². The number of carbonyl (C=O) groups is 2. The molecular weight excluding hydrogens is 404 g/mol. The van der Waals surface area contributed by atoms with Crippen LogP contribution in [0.5, 0.6) is 0 Å². The van der Waals surface area contributed by atoms with E-state index in [-0.39, 0.29) is 24.7 Å². The number of benzene rings is 3. The van der Waals surface area contributed by atoms with Gasteiger partial charge in [0, 0.05) is 5.69 Å². The largest absolute Gasteiger partial charge is 0.481 e. The molecule has 3 aromatic carbocycles. The van der Waals surface area contributed by atoms with Crippen LogP contribution in [0, 0.1) is 11.6 Å². The molecular formula is C24H19F2NO4. The van der Waals surface area contributed by atoms with Crippen molar-refractivity contribution in [2.24, 2.45) is 0 Å². The highest BCUT2D eigenvalue weighted by atomic mass is 19.1. The number of rotatable bonds is 7. The van der Waals surface area contributed by atoms with Gasteiger partial charge in [-0.1, -0.05) is 36.4 Å². The minimum atomic E-state index is -0.940. The molecule has 0 fully saturated rings. The maximum Gasteiger partial charge on any atom is 0.411 e. The van der Waals surface area contributed by atoms with Gasteiger partial charge in [-0.25, -0.2) is 13.6 Å². The third kappa shape index (κ3) is 6.50. The fourth-order valence-corrected chi connectivity index (χ4v) is 2.90. The average Bonchev–Trinajstić information content (AvgIpc) is 2.74. The van der Waals surface area contributed by atoms with Gasteiger partial charge in [-0.15, -0.1) is 0 Å². The van der Waals surface area contributed by atoms with Gasteiger partial charge in [0.2, 0.25) is 0 Å². The van der Waals surface area contributed by atoms with Gasteiger partial charge in [-0.3, -0.25) is 10.1 Å². The van der Waals surface area contributed by atoms with Crippen molar-refractivity contribution in [3.8, 4) is 0 Å². The minimum absolute atomic E-state index is 0.0764. The van der Waals surface area contributed by atoms with Crippen molar-refractivity contribution in [1.82, 2.24) is 0 Å². The molecule has 1 amide bonds. The number of anilines is 1. The second-order valence-corrected chi connectivity index (χ2v) is 6.62. The number of nitrogens with one attached hydrogen (secondary N) is 1. The van der Waals surface area contributed by atoms with Crippen molar-refractivity contribution < 1.29 is 28.2 Å². The minimum Gasteiger partial charge on any atom is -0.481 e. The van der Waals surface area contributed by atoms with Gasteiger partial charge in [0.05, 0.1) is 6.42 Å². The second-order valence-electron chi connectivity index (χ2n) is 6.62. The fourth-order valence-electron chi connectivity index (χ4n) is 2.90. The Morgan fingerprint density at radius 3 is 1.84 bits per heavy atom. The number of hydrogen-bond donors (Lipinski definition) is 2. The summed E-state index contributed by atoms with van der Waals surface area (Å²) in [5.41, 5.74) is 3.10. The van der Waals surface area contributed by atoms with Crippen LogP contribution in [0.25, 0.3) is 5.57 Å². The third-order valence-electron chi connectivity index (χ3n) is 4.37. The summed E-state index contributed by atoms with van der Waals surface area (Å²) in [6.07, 6.45) is 0.848. The number of carbonyl (C=O) groups excluding carboxylic acids is 1. The van der Waals surface area contributed by atoms with E-state index in [1.165, 1.54) is 24.3 Å². The van der Waals surface area contributed by atoms with Crippen LogP contribution in [0.4, 0.5) is 19.3 Å². The van der Waals surface area contributed by atoms with E-state index in [1.807, 2.05) is 0 Å². The van der Waals surface area contributed by atoms with E-state index in [4.69, 9.17) is 9.84 Å². The van der Waals surface area contributed by atoms with Crippen molar-refractivity contribution in [1.29, 1.82) is 0 Å². The molecule has 0 heterocycles. The second kappa shape index (κ2) is 10.2. The normalized spacial score (nSPS) is 10.3. The zero-order valence-electron chi connectivity index (χ0n) is 16.3. The van der Waals surface area contributed by atoms with Crippen molar-refractivity contribution in [2.45, 2.75) is 6.42 Å². The first kappa shape index (κ1) is 21.7. The van der Waals surface area contributed by atoms with Crippen molar-refractivity contribution >= 4 is 23.3 Å². The Kier molecular flexibility index (Phi) is 7.11. The molecule has 0 aromatic heterocycles. The molecule has 0 unspecified atom stereocenters. The first-order chi connectivity index (χ1) is 14.9. The summed E-state index contributed by atoms with van der Waals surface area (Å²) in [6, 6.07) is 18.0. The summed E-state index contributed by atoms with van der Waals surface area (Å²) in [7, 11) is 0. The highest BCUT2D eigenvalue weighted by Gasteiger charge is 2.08. The fraction of sp³-hybridized carbons (Fsp3) is 0.0833. The van der Waals surface area contributed by atoms with Crippen molar-refractivity contribution in [2.75, 3.05) is 11.9 Å². The Hall–Kier alpha value is -4.00. The first-order valence-electron chi connectivity index (χ1n) is 9.37. The number of halogens is 2. The molecule has 0 saturated carbocycles. The van der Waals surface area contributed by atoms with Gasteiger partial charge in [0.1, 0.15) is 18.2 Å². The van der Waals surface area contributed by atoms with Crippen LogP contribution in [0.1, 0.15) is 16.7 Å². The molecule has 0 spiro atoms. The molecule has 3 rings (SSSR count). The van der Waals surface area contributed by atoms with Crippen LogP contribution in [-0.4, -0.2) is 23.8 Å². The number of hydrogen-bond acceptors (Lipinski definition) is 3. The quantitative estimate of drug-likeness (QED) is 0.543. The maximum atomic E-state index is 13.3. The SMILES string of the molecule is O=C(O)Cc1ccc(NC(=O)OCC=C(c2ccc(F)cc2)c2ccc(F)cc2)cc1. The van der Waals surface area contributed by atoms with E-state index in [2.05, 4.69) is 5.32 Å². The summed E-state index contributed by atoms with van der Waals surface area (Å²) < 4.78 is 31.8. The van der Waals surface area contributed by atoms with Gasteiger partial charge >= 0.3 is 12.1 Å². The number of carboxylic acids is 1. The summed E-state index contributed by atoms with van der Waals surface area (Å²) in [4.78, 5) is 22.8.